The van der Waals surface area contributed by atoms with Gasteiger partial charge in [-0.1, -0.05) is 18.2 Å². The summed E-state index contributed by atoms with van der Waals surface area (Å²) in [4.78, 5) is 11.7. The first-order valence-electron chi connectivity index (χ1n) is 7.40. The molecule has 5 nitrogen and oxygen atoms in total. The number of phenolic OH excluding ortho intramolecular Hbond substituents is 1. The number of rotatable bonds is 7. The molecule has 2 aromatic carbocycles. The summed E-state index contributed by atoms with van der Waals surface area (Å²) in [6.45, 7) is 4.21. The van der Waals surface area contributed by atoms with Crippen LogP contribution in [-0.4, -0.2) is 11.0 Å². The van der Waals surface area contributed by atoms with E-state index >= 15 is 0 Å². The summed E-state index contributed by atoms with van der Waals surface area (Å²) in [5, 5.41) is 15.3. The number of hydrogen-bond acceptors (Lipinski definition) is 4. The number of anilines is 3. The van der Waals surface area contributed by atoms with E-state index in [0.29, 0.717) is 30.8 Å². The van der Waals surface area contributed by atoms with Gasteiger partial charge in [-0.3, -0.25) is 4.79 Å². The molecule has 0 unspecified atom stereocenters. The average molecular weight is 311 g/mol. The van der Waals surface area contributed by atoms with Gasteiger partial charge in [0.15, 0.2) is 0 Å². The fourth-order valence-electron chi connectivity index (χ4n) is 2.05. The van der Waals surface area contributed by atoms with Crippen molar-refractivity contribution in [2.45, 2.75) is 19.4 Å². The van der Waals surface area contributed by atoms with Gasteiger partial charge in [0.25, 0.3) is 0 Å². The lowest BCUT2D eigenvalue weighted by molar-refractivity contribution is -0.116. The van der Waals surface area contributed by atoms with E-state index in [1.54, 1.807) is 30.3 Å². The zero-order valence-corrected chi connectivity index (χ0v) is 12.9. The molecule has 0 bridgehead atoms. The van der Waals surface area contributed by atoms with Gasteiger partial charge in [-0.05, 0) is 42.3 Å². The van der Waals surface area contributed by atoms with Crippen LogP contribution in [-0.2, 0) is 11.3 Å². The molecule has 5 heteroatoms. The summed E-state index contributed by atoms with van der Waals surface area (Å²) in [5.74, 6) is 0.163. The van der Waals surface area contributed by atoms with E-state index in [1.165, 1.54) is 0 Å². The maximum Gasteiger partial charge on any atom is 0.224 e. The van der Waals surface area contributed by atoms with Crippen molar-refractivity contribution in [2.24, 2.45) is 0 Å². The Hall–Kier alpha value is -2.95. The van der Waals surface area contributed by atoms with Crippen LogP contribution in [0.5, 0.6) is 5.75 Å². The number of carbonyl (C=O) groups excluding carboxylic acids is 1. The van der Waals surface area contributed by atoms with E-state index in [9.17, 15) is 9.90 Å². The molecule has 0 aromatic heterocycles. The number of nitrogens with two attached hydrogens (primary N) is 1. The van der Waals surface area contributed by atoms with Gasteiger partial charge in [-0.2, -0.15) is 0 Å². The lowest BCUT2D eigenvalue weighted by Gasteiger charge is -2.11. The number of nitrogen functional groups attached to an aromatic ring is 1. The Labute approximate surface area is 135 Å². The van der Waals surface area contributed by atoms with Crippen LogP contribution in [0.2, 0.25) is 0 Å². The first kappa shape index (κ1) is 16.4. The molecular weight excluding hydrogens is 290 g/mol. The molecule has 23 heavy (non-hydrogen) atoms. The highest BCUT2D eigenvalue weighted by Crippen LogP contribution is 2.23. The molecule has 2 aromatic rings. The molecule has 0 radical (unpaired) electrons. The molecule has 0 atom stereocenters. The fraction of sp³-hybridized carbons (Fsp3) is 0.167. The summed E-state index contributed by atoms with van der Waals surface area (Å²) in [6, 6.07) is 12.4. The number of aromatic hydroxyl groups is 1. The van der Waals surface area contributed by atoms with Gasteiger partial charge in [0.05, 0.1) is 11.4 Å². The van der Waals surface area contributed by atoms with Crippen LogP contribution in [0.1, 0.15) is 18.4 Å². The third-order valence-electron chi connectivity index (χ3n) is 3.33. The number of benzene rings is 2. The van der Waals surface area contributed by atoms with Crippen molar-refractivity contribution in [3.63, 3.8) is 0 Å². The summed E-state index contributed by atoms with van der Waals surface area (Å²) < 4.78 is 0. The molecule has 0 spiro atoms. The molecule has 0 saturated carbocycles. The largest absolute Gasteiger partial charge is 0.508 e. The Morgan fingerprint density at radius 2 is 1.96 bits per heavy atom. The van der Waals surface area contributed by atoms with Gasteiger partial charge < -0.3 is 21.5 Å². The minimum atomic E-state index is -0.0820. The minimum Gasteiger partial charge on any atom is -0.508 e. The zero-order valence-electron chi connectivity index (χ0n) is 12.9. The molecule has 0 saturated heterocycles. The first-order valence-corrected chi connectivity index (χ1v) is 7.40. The number of nitrogens with one attached hydrogen (secondary N) is 2. The van der Waals surface area contributed by atoms with Crippen molar-refractivity contribution in [1.29, 1.82) is 0 Å². The molecule has 0 aliphatic rings. The topological polar surface area (TPSA) is 87.4 Å². The van der Waals surface area contributed by atoms with E-state index in [2.05, 4.69) is 17.2 Å². The van der Waals surface area contributed by atoms with E-state index in [4.69, 9.17) is 5.73 Å². The summed E-state index contributed by atoms with van der Waals surface area (Å²) in [5.41, 5.74) is 9.00. The standard InChI is InChI=1S/C18H21N3O2/c1-2-3-4-18(23)21-17-10-7-14(11-16(17)19)20-12-13-5-8-15(22)9-6-13/h2,5-11,20,22H,1,3-4,12,19H2,(H,21,23). The lowest BCUT2D eigenvalue weighted by Crippen LogP contribution is -2.12. The second-order valence-corrected chi connectivity index (χ2v) is 5.20. The molecule has 120 valence electrons. The van der Waals surface area contributed by atoms with Crippen molar-refractivity contribution >= 4 is 23.0 Å². The Bertz CT molecular complexity index is 681. The van der Waals surface area contributed by atoms with E-state index < -0.39 is 0 Å². The molecule has 1 amide bonds. The molecule has 0 heterocycles. The predicted molar refractivity (Wildman–Crippen MR) is 94.3 cm³/mol. The van der Waals surface area contributed by atoms with E-state index in [-0.39, 0.29) is 11.7 Å². The van der Waals surface area contributed by atoms with E-state index in [1.807, 2.05) is 18.2 Å². The highest BCUT2D eigenvalue weighted by atomic mass is 16.3. The smallest absolute Gasteiger partial charge is 0.224 e. The van der Waals surface area contributed by atoms with Crippen molar-refractivity contribution in [3.8, 4) is 5.75 Å². The normalized spacial score (nSPS) is 10.1. The Kier molecular flexibility index (Phi) is 5.63. The lowest BCUT2D eigenvalue weighted by atomic mass is 10.2. The molecule has 0 aliphatic carbocycles. The van der Waals surface area contributed by atoms with Crippen LogP contribution in [0.3, 0.4) is 0 Å². The van der Waals surface area contributed by atoms with Gasteiger partial charge in [-0.15, -0.1) is 6.58 Å². The molecule has 0 aliphatic heterocycles. The van der Waals surface area contributed by atoms with Crippen molar-refractivity contribution in [3.05, 3.63) is 60.7 Å². The van der Waals surface area contributed by atoms with Crippen LogP contribution in [0.4, 0.5) is 17.1 Å². The molecular formula is C18H21N3O2. The van der Waals surface area contributed by atoms with Gasteiger partial charge in [0, 0.05) is 18.7 Å². The highest BCUT2D eigenvalue weighted by Gasteiger charge is 2.05. The van der Waals surface area contributed by atoms with Gasteiger partial charge in [0.1, 0.15) is 5.75 Å². The third kappa shape index (κ3) is 5.07. The monoisotopic (exact) mass is 311 g/mol. The van der Waals surface area contributed by atoms with Gasteiger partial charge >= 0.3 is 0 Å². The highest BCUT2D eigenvalue weighted by molar-refractivity contribution is 5.94. The molecule has 5 N–H and O–H groups in total. The Morgan fingerprint density at radius 3 is 2.61 bits per heavy atom. The van der Waals surface area contributed by atoms with Crippen LogP contribution in [0.15, 0.2) is 55.1 Å². The second-order valence-electron chi connectivity index (χ2n) is 5.20. The maximum absolute atomic E-state index is 11.7. The minimum absolute atomic E-state index is 0.0820. The van der Waals surface area contributed by atoms with Crippen LogP contribution in [0.25, 0.3) is 0 Å². The second kappa shape index (κ2) is 7.89. The van der Waals surface area contributed by atoms with E-state index in [0.717, 1.165) is 11.3 Å². The van der Waals surface area contributed by atoms with Crippen molar-refractivity contribution in [1.82, 2.24) is 0 Å². The van der Waals surface area contributed by atoms with Crippen LogP contribution in [0, 0.1) is 0 Å². The Morgan fingerprint density at radius 1 is 1.22 bits per heavy atom. The number of amides is 1. The molecule has 2 rings (SSSR count). The van der Waals surface area contributed by atoms with Crippen LogP contribution < -0.4 is 16.4 Å². The number of hydrogen-bond donors (Lipinski definition) is 4. The fourth-order valence-corrected chi connectivity index (χ4v) is 2.05. The SMILES string of the molecule is C=CCCC(=O)Nc1ccc(NCc2ccc(O)cc2)cc1N. The maximum atomic E-state index is 11.7. The zero-order chi connectivity index (χ0) is 16.7. The quantitative estimate of drug-likeness (QED) is 0.465. The number of allylic oxidation sites excluding steroid dienone is 1. The third-order valence-corrected chi connectivity index (χ3v) is 3.33. The van der Waals surface area contributed by atoms with Crippen molar-refractivity contribution in [2.75, 3.05) is 16.4 Å². The molecule has 0 fully saturated rings. The average Bonchev–Trinajstić information content (AvgIpc) is 2.54. The number of carbonyl (C=O) groups is 1. The summed E-state index contributed by atoms with van der Waals surface area (Å²) in [6.07, 6.45) is 2.74. The number of phenols is 1. The first-order chi connectivity index (χ1) is 11.1. The van der Waals surface area contributed by atoms with Crippen molar-refractivity contribution < 1.29 is 9.90 Å². The van der Waals surface area contributed by atoms with Crippen LogP contribution >= 0.6 is 0 Å². The summed E-state index contributed by atoms with van der Waals surface area (Å²) >= 11 is 0. The Balaban J connectivity index is 1.94. The van der Waals surface area contributed by atoms with Gasteiger partial charge in [0.2, 0.25) is 5.91 Å². The predicted octanol–water partition coefficient (Wildman–Crippen LogP) is 3.49. The summed E-state index contributed by atoms with van der Waals surface area (Å²) in [7, 11) is 0. The van der Waals surface area contributed by atoms with Gasteiger partial charge in [-0.25, -0.2) is 0 Å².